The number of likely N-dealkylation sites (tertiary alicyclic amines) is 1. The maximum atomic E-state index is 11.8. The number of amides is 2. The average Bonchev–Trinajstić information content (AvgIpc) is 2.37. The van der Waals surface area contributed by atoms with Crippen molar-refractivity contribution in [3.8, 4) is 0 Å². The van der Waals surface area contributed by atoms with Crippen LogP contribution in [-0.4, -0.2) is 39.6 Å². The number of carbonyl (C=O) groups is 3. The van der Waals surface area contributed by atoms with Gasteiger partial charge in [-0.3, -0.25) is 4.79 Å². The lowest BCUT2D eigenvalue weighted by molar-refractivity contribution is -0.146. The van der Waals surface area contributed by atoms with Gasteiger partial charge in [-0.05, 0) is 26.7 Å². The van der Waals surface area contributed by atoms with Crippen molar-refractivity contribution < 1.29 is 24.2 Å². The molecule has 0 spiro atoms. The van der Waals surface area contributed by atoms with Gasteiger partial charge < -0.3 is 9.84 Å². The molecule has 1 heterocycles. The summed E-state index contributed by atoms with van der Waals surface area (Å²) in [5, 5.41) is 9.02. The van der Waals surface area contributed by atoms with Crippen LogP contribution in [0.15, 0.2) is 0 Å². The zero-order chi connectivity index (χ0) is 13.4. The second-order valence-corrected chi connectivity index (χ2v) is 5.21. The van der Waals surface area contributed by atoms with E-state index in [-0.39, 0.29) is 6.42 Å². The summed E-state index contributed by atoms with van der Waals surface area (Å²) in [6, 6.07) is -1.13. The molecule has 17 heavy (non-hydrogen) atoms. The van der Waals surface area contributed by atoms with Gasteiger partial charge in [0.25, 0.3) is 0 Å². The van der Waals surface area contributed by atoms with Crippen LogP contribution in [0.3, 0.4) is 0 Å². The highest BCUT2D eigenvalue weighted by molar-refractivity contribution is 5.99. The second kappa shape index (κ2) is 4.35. The number of carboxylic acid groups (broad SMARTS) is 1. The summed E-state index contributed by atoms with van der Waals surface area (Å²) in [6.07, 6.45) is -0.838. The van der Waals surface area contributed by atoms with Crippen molar-refractivity contribution in [2.75, 3.05) is 0 Å². The number of ether oxygens (including phenoxy) is 1. The van der Waals surface area contributed by atoms with E-state index < -0.39 is 35.5 Å². The highest BCUT2D eigenvalue weighted by Gasteiger charge is 2.47. The zero-order valence-corrected chi connectivity index (χ0v) is 10.4. The van der Waals surface area contributed by atoms with Crippen LogP contribution in [0.1, 0.15) is 34.1 Å². The first kappa shape index (κ1) is 13.5. The number of imide groups is 1. The summed E-state index contributed by atoms with van der Waals surface area (Å²) < 4.78 is 5.02. The van der Waals surface area contributed by atoms with Gasteiger partial charge >= 0.3 is 12.1 Å². The van der Waals surface area contributed by atoms with Crippen LogP contribution in [0, 0.1) is 5.92 Å². The van der Waals surface area contributed by atoms with Crippen LogP contribution in [0.25, 0.3) is 0 Å². The molecule has 96 valence electrons. The average molecular weight is 243 g/mol. The third-order valence-electron chi connectivity index (χ3n) is 2.43. The molecule has 1 N–H and O–H groups in total. The summed E-state index contributed by atoms with van der Waals surface area (Å²) in [6.45, 7) is 6.60. The Morgan fingerprint density at radius 2 is 1.94 bits per heavy atom. The van der Waals surface area contributed by atoms with Crippen LogP contribution >= 0.6 is 0 Å². The topological polar surface area (TPSA) is 83.9 Å². The van der Waals surface area contributed by atoms with Crippen LogP contribution in [-0.2, 0) is 14.3 Å². The van der Waals surface area contributed by atoms with Gasteiger partial charge in [-0.25, -0.2) is 14.5 Å². The molecule has 0 aromatic carbocycles. The molecular weight excluding hydrogens is 226 g/mol. The molecule has 2 atom stereocenters. The molecule has 1 saturated heterocycles. The van der Waals surface area contributed by atoms with Crippen molar-refractivity contribution in [2.24, 2.45) is 5.92 Å². The molecule has 0 radical (unpaired) electrons. The van der Waals surface area contributed by atoms with Gasteiger partial charge in [0, 0.05) is 6.42 Å². The number of hydrogen-bond acceptors (Lipinski definition) is 4. The summed E-state index contributed by atoms with van der Waals surface area (Å²) >= 11 is 0. The Morgan fingerprint density at radius 1 is 1.41 bits per heavy atom. The second-order valence-electron chi connectivity index (χ2n) is 5.21. The van der Waals surface area contributed by atoms with Crippen LogP contribution < -0.4 is 0 Å². The molecular formula is C11H17NO5. The summed E-state index contributed by atoms with van der Waals surface area (Å²) in [5.74, 6) is -2.08. The Labute approximate surface area is 99.5 Å². The fourth-order valence-electron chi connectivity index (χ4n) is 1.78. The molecule has 0 aromatic heterocycles. The maximum absolute atomic E-state index is 11.8. The SMILES string of the molecule is C[C@@H]1CC(=O)N(C(=O)OC(C)(C)C)[C@@H]1C(=O)O. The molecule has 1 rings (SSSR count). The highest BCUT2D eigenvalue weighted by Crippen LogP contribution is 2.27. The molecule has 1 aliphatic rings. The lowest BCUT2D eigenvalue weighted by Gasteiger charge is -2.26. The number of aliphatic carboxylic acids is 1. The summed E-state index contributed by atoms with van der Waals surface area (Å²) in [4.78, 5) is 35.1. The van der Waals surface area contributed by atoms with Gasteiger partial charge in [-0.2, -0.15) is 0 Å². The predicted octanol–water partition coefficient (Wildman–Crippen LogP) is 1.24. The van der Waals surface area contributed by atoms with E-state index in [1.54, 1.807) is 27.7 Å². The minimum absolute atomic E-state index is 0.0518. The minimum atomic E-state index is -1.19. The quantitative estimate of drug-likeness (QED) is 0.749. The smallest absolute Gasteiger partial charge is 0.417 e. The van der Waals surface area contributed by atoms with Crippen LogP contribution in [0.4, 0.5) is 4.79 Å². The van der Waals surface area contributed by atoms with Crippen molar-refractivity contribution >= 4 is 18.0 Å². The van der Waals surface area contributed by atoms with Crippen molar-refractivity contribution in [3.05, 3.63) is 0 Å². The van der Waals surface area contributed by atoms with Crippen molar-refractivity contribution in [2.45, 2.75) is 45.8 Å². The fourth-order valence-corrected chi connectivity index (χ4v) is 1.78. The molecule has 0 aliphatic carbocycles. The third kappa shape index (κ3) is 2.95. The van der Waals surface area contributed by atoms with Gasteiger partial charge in [0.1, 0.15) is 11.6 Å². The lowest BCUT2D eigenvalue weighted by Crippen LogP contribution is -2.46. The minimum Gasteiger partial charge on any atom is -0.480 e. The Morgan fingerprint density at radius 3 is 2.35 bits per heavy atom. The normalized spacial score (nSPS) is 24.9. The fraction of sp³-hybridized carbons (Fsp3) is 0.727. The largest absolute Gasteiger partial charge is 0.480 e. The number of carbonyl (C=O) groups excluding carboxylic acids is 2. The standard InChI is InChI=1S/C11H17NO5/c1-6-5-7(13)12(8(6)9(14)15)10(16)17-11(2,3)4/h6,8H,5H2,1-4H3,(H,14,15)/t6-,8+/m1/s1. The Hall–Kier alpha value is -1.59. The highest BCUT2D eigenvalue weighted by atomic mass is 16.6. The third-order valence-corrected chi connectivity index (χ3v) is 2.43. The van der Waals surface area contributed by atoms with Gasteiger partial charge in [0.15, 0.2) is 0 Å². The van der Waals surface area contributed by atoms with E-state index >= 15 is 0 Å². The first-order valence-electron chi connectivity index (χ1n) is 5.41. The van der Waals surface area contributed by atoms with Crippen LogP contribution in [0.2, 0.25) is 0 Å². The molecule has 2 amide bonds. The van der Waals surface area contributed by atoms with Gasteiger partial charge in [-0.15, -0.1) is 0 Å². The monoisotopic (exact) mass is 243 g/mol. The van der Waals surface area contributed by atoms with E-state index in [0.717, 1.165) is 0 Å². The predicted molar refractivity (Wildman–Crippen MR) is 58.3 cm³/mol. The molecule has 0 saturated carbocycles. The van der Waals surface area contributed by atoms with E-state index in [4.69, 9.17) is 9.84 Å². The molecule has 6 nitrogen and oxygen atoms in total. The molecule has 6 heteroatoms. The Bertz CT molecular complexity index is 357. The molecule has 1 aliphatic heterocycles. The molecule has 0 bridgehead atoms. The van der Waals surface area contributed by atoms with E-state index in [9.17, 15) is 14.4 Å². The first-order valence-corrected chi connectivity index (χ1v) is 5.41. The van der Waals surface area contributed by atoms with E-state index in [1.807, 2.05) is 0 Å². The van der Waals surface area contributed by atoms with E-state index in [0.29, 0.717) is 4.90 Å². The zero-order valence-electron chi connectivity index (χ0n) is 10.4. The number of hydrogen-bond donors (Lipinski definition) is 1. The van der Waals surface area contributed by atoms with Gasteiger partial charge in [-0.1, -0.05) is 6.92 Å². The molecule has 0 aromatic rings. The Kier molecular flexibility index (Phi) is 3.45. The lowest BCUT2D eigenvalue weighted by atomic mass is 10.0. The first-order chi connectivity index (χ1) is 7.63. The maximum Gasteiger partial charge on any atom is 0.417 e. The van der Waals surface area contributed by atoms with E-state index in [2.05, 4.69) is 0 Å². The van der Waals surface area contributed by atoms with Crippen molar-refractivity contribution in [3.63, 3.8) is 0 Å². The Balaban J connectivity index is 2.90. The number of carboxylic acids is 1. The number of nitrogens with zero attached hydrogens (tertiary/aromatic N) is 1. The van der Waals surface area contributed by atoms with Gasteiger partial charge in [0.05, 0.1) is 0 Å². The van der Waals surface area contributed by atoms with E-state index in [1.165, 1.54) is 0 Å². The summed E-state index contributed by atoms with van der Waals surface area (Å²) in [7, 11) is 0. The molecule has 1 fully saturated rings. The van der Waals surface area contributed by atoms with Crippen molar-refractivity contribution in [1.29, 1.82) is 0 Å². The summed E-state index contributed by atoms with van der Waals surface area (Å²) in [5.41, 5.74) is -0.758. The molecule has 0 unspecified atom stereocenters. The number of rotatable bonds is 1. The van der Waals surface area contributed by atoms with Gasteiger partial charge in [0.2, 0.25) is 5.91 Å². The van der Waals surface area contributed by atoms with Crippen molar-refractivity contribution in [1.82, 2.24) is 4.90 Å². The van der Waals surface area contributed by atoms with Crippen LogP contribution in [0.5, 0.6) is 0 Å².